The largest absolute Gasteiger partial charge is 0.466 e. The third kappa shape index (κ3) is 4.33. The molecule has 0 unspecified atom stereocenters. The van der Waals surface area contributed by atoms with Crippen LogP contribution in [0.5, 0.6) is 0 Å². The number of carbonyl (C=O) groups is 1. The molecule has 0 aliphatic rings. The van der Waals surface area contributed by atoms with Gasteiger partial charge in [0.25, 0.3) is 0 Å². The molecule has 0 fully saturated rings. The monoisotopic (exact) mass is 266 g/mol. The van der Waals surface area contributed by atoms with Crippen LogP contribution in [-0.2, 0) is 9.53 Å². The Morgan fingerprint density at radius 1 is 1.50 bits per heavy atom. The molecule has 1 aromatic carbocycles. The van der Waals surface area contributed by atoms with Gasteiger partial charge in [-0.15, -0.1) is 0 Å². The topological polar surface area (TPSA) is 64.3 Å². The van der Waals surface area contributed by atoms with Crippen molar-refractivity contribution in [1.29, 1.82) is 0 Å². The van der Waals surface area contributed by atoms with E-state index in [1.807, 2.05) is 25.1 Å². The molecule has 0 aliphatic heterocycles. The van der Waals surface area contributed by atoms with Crippen LogP contribution in [0.15, 0.2) is 18.2 Å². The van der Waals surface area contributed by atoms with Crippen molar-refractivity contribution in [2.24, 2.45) is 5.73 Å². The Bertz CT molecular complexity index is 447. The Hall–Kier alpha value is -1.62. The molecule has 3 N–H and O–H groups in total. The number of aryl methyl sites for hydroxylation is 1. The number of hydrogen-bond donors (Lipinski definition) is 2. The summed E-state index contributed by atoms with van der Waals surface area (Å²) >= 11 is 4.94. The minimum absolute atomic E-state index is 0.193. The SMILES string of the molecule is CCOC(=O)CCNc1ccc(C(N)=S)c(C)c1. The lowest BCUT2D eigenvalue weighted by Crippen LogP contribution is -2.13. The molecule has 18 heavy (non-hydrogen) atoms. The lowest BCUT2D eigenvalue weighted by atomic mass is 10.1. The second-order valence-electron chi connectivity index (χ2n) is 3.88. The molecule has 0 saturated carbocycles. The number of hydrogen-bond acceptors (Lipinski definition) is 4. The van der Waals surface area contributed by atoms with Gasteiger partial charge in [-0.25, -0.2) is 0 Å². The van der Waals surface area contributed by atoms with Crippen molar-refractivity contribution in [2.75, 3.05) is 18.5 Å². The average Bonchev–Trinajstić information content (AvgIpc) is 2.29. The van der Waals surface area contributed by atoms with Gasteiger partial charge in [0.15, 0.2) is 0 Å². The maximum atomic E-state index is 11.1. The Balaban J connectivity index is 2.51. The van der Waals surface area contributed by atoms with Crippen molar-refractivity contribution >= 4 is 28.9 Å². The third-order valence-corrected chi connectivity index (χ3v) is 2.68. The lowest BCUT2D eigenvalue weighted by molar-refractivity contribution is -0.142. The second kappa shape index (κ2) is 6.96. The fourth-order valence-electron chi connectivity index (χ4n) is 1.59. The summed E-state index contributed by atoms with van der Waals surface area (Å²) in [5.74, 6) is -0.193. The summed E-state index contributed by atoms with van der Waals surface area (Å²) in [6.45, 7) is 4.71. The minimum Gasteiger partial charge on any atom is -0.466 e. The fourth-order valence-corrected chi connectivity index (χ4v) is 1.82. The molecule has 0 atom stereocenters. The van der Waals surface area contributed by atoms with E-state index in [9.17, 15) is 4.79 Å². The van der Waals surface area contributed by atoms with E-state index in [0.29, 0.717) is 24.6 Å². The summed E-state index contributed by atoms with van der Waals surface area (Å²) in [4.78, 5) is 11.5. The van der Waals surface area contributed by atoms with E-state index in [4.69, 9.17) is 22.7 Å². The zero-order chi connectivity index (χ0) is 13.5. The van der Waals surface area contributed by atoms with Crippen molar-refractivity contribution < 1.29 is 9.53 Å². The molecule has 0 radical (unpaired) electrons. The van der Waals surface area contributed by atoms with E-state index >= 15 is 0 Å². The average molecular weight is 266 g/mol. The molecule has 4 nitrogen and oxygen atoms in total. The van der Waals surface area contributed by atoms with Crippen molar-refractivity contribution in [2.45, 2.75) is 20.3 Å². The van der Waals surface area contributed by atoms with E-state index in [0.717, 1.165) is 16.8 Å². The molecule has 0 heterocycles. The number of anilines is 1. The minimum atomic E-state index is -0.193. The first-order valence-corrected chi connectivity index (χ1v) is 6.25. The highest BCUT2D eigenvalue weighted by molar-refractivity contribution is 7.80. The molecule has 1 rings (SSSR count). The predicted octanol–water partition coefficient (Wildman–Crippen LogP) is 1.99. The Labute approximate surface area is 113 Å². The maximum Gasteiger partial charge on any atom is 0.307 e. The van der Waals surface area contributed by atoms with E-state index in [-0.39, 0.29) is 5.97 Å². The number of carbonyl (C=O) groups excluding carboxylic acids is 1. The van der Waals surface area contributed by atoms with E-state index in [2.05, 4.69) is 5.32 Å². The molecule has 0 spiro atoms. The molecule has 0 amide bonds. The van der Waals surface area contributed by atoms with Crippen LogP contribution in [0.1, 0.15) is 24.5 Å². The summed E-state index contributed by atoms with van der Waals surface area (Å²) in [5, 5.41) is 3.16. The smallest absolute Gasteiger partial charge is 0.307 e. The highest BCUT2D eigenvalue weighted by Gasteiger charge is 2.04. The summed E-state index contributed by atoms with van der Waals surface area (Å²) in [6, 6.07) is 5.73. The first-order valence-electron chi connectivity index (χ1n) is 5.84. The molecule has 0 aromatic heterocycles. The van der Waals surface area contributed by atoms with E-state index < -0.39 is 0 Å². The first-order chi connectivity index (χ1) is 8.54. The first kappa shape index (κ1) is 14.4. The highest BCUT2D eigenvalue weighted by atomic mass is 32.1. The van der Waals surface area contributed by atoms with Gasteiger partial charge in [-0.1, -0.05) is 12.2 Å². The van der Waals surface area contributed by atoms with Gasteiger partial charge < -0.3 is 15.8 Å². The van der Waals surface area contributed by atoms with Crippen molar-refractivity contribution in [1.82, 2.24) is 0 Å². The van der Waals surface area contributed by atoms with Crippen LogP contribution in [0.4, 0.5) is 5.69 Å². The Kier molecular flexibility index (Phi) is 5.58. The number of benzene rings is 1. The highest BCUT2D eigenvalue weighted by Crippen LogP contribution is 2.15. The molecular weight excluding hydrogens is 248 g/mol. The van der Waals surface area contributed by atoms with Crippen molar-refractivity contribution in [3.8, 4) is 0 Å². The van der Waals surface area contributed by atoms with E-state index in [1.165, 1.54) is 0 Å². The number of nitrogens with two attached hydrogens (primary N) is 1. The zero-order valence-electron chi connectivity index (χ0n) is 10.7. The lowest BCUT2D eigenvalue weighted by Gasteiger charge is -2.09. The van der Waals surface area contributed by atoms with Crippen molar-refractivity contribution in [3.05, 3.63) is 29.3 Å². The van der Waals surface area contributed by atoms with Crippen molar-refractivity contribution in [3.63, 3.8) is 0 Å². The van der Waals surface area contributed by atoms with Crippen LogP contribution >= 0.6 is 12.2 Å². The third-order valence-electron chi connectivity index (χ3n) is 2.46. The Morgan fingerprint density at radius 2 is 2.22 bits per heavy atom. The fraction of sp³-hybridized carbons (Fsp3) is 0.385. The number of esters is 1. The number of rotatable bonds is 6. The molecule has 0 aliphatic carbocycles. The number of thiocarbonyl (C=S) groups is 1. The van der Waals surface area contributed by atoms with Crippen LogP contribution in [0.25, 0.3) is 0 Å². The van der Waals surface area contributed by atoms with E-state index in [1.54, 1.807) is 6.92 Å². The Morgan fingerprint density at radius 3 is 2.78 bits per heavy atom. The molecular formula is C13H18N2O2S. The summed E-state index contributed by atoms with van der Waals surface area (Å²) in [6.07, 6.45) is 0.351. The van der Waals surface area contributed by atoms with Crippen LogP contribution in [0.3, 0.4) is 0 Å². The van der Waals surface area contributed by atoms with Gasteiger partial charge in [-0.05, 0) is 37.6 Å². The quantitative estimate of drug-likeness (QED) is 0.609. The number of nitrogens with one attached hydrogen (secondary N) is 1. The van der Waals surface area contributed by atoms with Crippen LogP contribution in [-0.4, -0.2) is 24.1 Å². The molecule has 0 bridgehead atoms. The van der Waals surface area contributed by atoms with Gasteiger partial charge >= 0.3 is 5.97 Å². The molecule has 1 aromatic rings. The van der Waals surface area contributed by atoms with Gasteiger partial charge in [0.2, 0.25) is 0 Å². The number of ether oxygens (including phenoxy) is 1. The van der Waals surface area contributed by atoms with Crippen LogP contribution in [0.2, 0.25) is 0 Å². The van der Waals surface area contributed by atoms with Gasteiger partial charge in [0.05, 0.1) is 13.0 Å². The van der Waals surface area contributed by atoms with Gasteiger partial charge in [0.1, 0.15) is 4.99 Å². The molecule has 0 saturated heterocycles. The van der Waals surface area contributed by atoms with Crippen LogP contribution < -0.4 is 11.1 Å². The molecule has 5 heteroatoms. The van der Waals surface area contributed by atoms with Gasteiger partial charge in [-0.3, -0.25) is 4.79 Å². The van der Waals surface area contributed by atoms with Gasteiger partial charge in [0, 0.05) is 17.8 Å². The normalized spacial score (nSPS) is 9.89. The zero-order valence-corrected chi connectivity index (χ0v) is 11.5. The standard InChI is InChI=1S/C13H18N2O2S/c1-3-17-12(16)6-7-15-10-4-5-11(13(14)18)9(2)8-10/h4-5,8,15H,3,6-7H2,1-2H3,(H2,14,18). The summed E-state index contributed by atoms with van der Waals surface area (Å²) < 4.78 is 4.84. The van der Waals surface area contributed by atoms with Gasteiger partial charge in [-0.2, -0.15) is 0 Å². The maximum absolute atomic E-state index is 11.1. The second-order valence-corrected chi connectivity index (χ2v) is 4.32. The molecule has 98 valence electrons. The predicted molar refractivity (Wildman–Crippen MR) is 76.8 cm³/mol. The summed E-state index contributed by atoms with van der Waals surface area (Å²) in [7, 11) is 0. The summed E-state index contributed by atoms with van der Waals surface area (Å²) in [5.41, 5.74) is 8.42. The van der Waals surface area contributed by atoms with Crippen LogP contribution in [0, 0.1) is 6.92 Å².